The van der Waals surface area contributed by atoms with Crippen molar-refractivity contribution in [3.8, 4) is 0 Å². The molecular weight excluding hydrogens is 327 g/mol. The minimum atomic E-state index is -0.314. The fraction of sp³-hybridized carbons (Fsp3) is 0.529. The maximum absolute atomic E-state index is 13.2. The van der Waals surface area contributed by atoms with Gasteiger partial charge in [-0.05, 0) is 18.2 Å². The van der Waals surface area contributed by atoms with Crippen molar-refractivity contribution in [2.45, 2.75) is 12.6 Å². The number of morpholine rings is 1. The summed E-state index contributed by atoms with van der Waals surface area (Å²) in [5.74, 6) is 0.265. The molecular formula is C17H21FN4O3. The Morgan fingerprint density at radius 1 is 1.36 bits per heavy atom. The van der Waals surface area contributed by atoms with Gasteiger partial charge < -0.3 is 19.4 Å². The second-order valence-corrected chi connectivity index (χ2v) is 6.44. The number of carbonyl (C=O) groups excluding carboxylic acids is 1. The number of carbonyl (C=O) groups is 1. The van der Waals surface area contributed by atoms with E-state index in [0.29, 0.717) is 22.9 Å². The van der Waals surface area contributed by atoms with Crippen molar-refractivity contribution in [2.75, 3.05) is 46.0 Å². The standard InChI is InChI=1S/C17H21FN4O3/c18-12-1-2-14-15(7-12)20-16(19-14)10-25-11-17(23)22-8-13(9-22)21-3-5-24-6-4-21/h1-2,7,13H,3-6,8-11H2,(H,19,20). The third-order valence-electron chi connectivity index (χ3n) is 4.73. The number of aromatic nitrogens is 2. The minimum absolute atomic E-state index is 0.00772. The van der Waals surface area contributed by atoms with Gasteiger partial charge in [-0.1, -0.05) is 0 Å². The number of halogens is 1. The number of aromatic amines is 1. The smallest absolute Gasteiger partial charge is 0.248 e. The normalized spacial score (nSPS) is 19.3. The van der Waals surface area contributed by atoms with Crippen LogP contribution in [0.1, 0.15) is 5.82 Å². The molecule has 0 atom stereocenters. The Labute approximate surface area is 144 Å². The number of H-pyrrole nitrogens is 1. The molecule has 4 rings (SSSR count). The Hall–Kier alpha value is -2.03. The van der Waals surface area contributed by atoms with E-state index in [-0.39, 0.29) is 24.9 Å². The van der Waals surface area contributed by atoms with Gasteiger partial charge in [-0.15, -0.1) is 0 Å². The highest BCUT2D eigenvalue weighted by molar-refractivity contribution is 5.78. The molecule has 8 heteroatoms. The van der Waals surface area contributed by atoms with Crippen LogP contribution in [0.4, 0.5) is 4.39 Å². The molecule has 7 nitrogen and oxygen atoms in total. The molecule has 0 saturated carbocycles. The number of likely N-dealkylation sites (tertiary alicyclic amines) is 1. The van der Waals surface area contributed by atoms with E-state index >= 15 is 0 Å². The van der Waals surface area contributed by atoms with Gasteiger partial charge in [-0.3, -0.25) is 9.69 Å². The van der Waals surface area contributed by atoms with Crippen molar-refractivity contribution in [3.05, 3.63) is 29.8 Å². The number of hydrogen-bond donors (Lipinski definition) is 1. The summed E-state index contributed by atoms with van der Waals surface area (Å²) in [5.41, 5.74) is 1.31. The number of amides is 1. The summed E-state index contributed by atoms with van der Waals surface area (Å²) in [4.78, 5) is 23.6. The highest BCUT2D eigenvalue weighted by Gasteiger charge is 2.35. The molecule has 2 aromatic rings. The fourth-order valence-electron chi connectivity index (χ4n) is 3.26. The average molecular weight is 348 g/mol. The number of ether oxygens (including phenoxy) is 2. The Morgan fingerprint density at radius 2 is 2.16 bits per heavy atom. The van der Waals surface area contributed by atoms with Crippen LogP contribution in [-0.4, -0.2) is 77.7 Å². The zero-order chi connectivity index (χ0) is 17.2. The van der Waals surface area contributed by atoms with Gasteiger partial charge >= 0.3 is 0 Å². The Morgan fingerprint density at radius 3 is 2.96 bits per heavy atom. The van der Waals surface area contributed by atoms with Gasteiger partial charge in [0.25, 0.3) is 0 Å². The van der Waals surface area contributed by atoms with Crippen molar-refractivity contribution < 1.29 is 18.7 Å². The van der Waals surface area contributed by atoms with E-state index in [4.69, 9.17) is 9.47 Å². The van der Waals surface area contributed by atoms with Crippen LogP contribution in [0.5, 0.6) is 0 Å². The fourth-order valence-corrected chi connectivity index (χ4v) is 3.26. The molecule has 0 spiro atoms. The Bertz CT molecular complexity index is 753. The van der Waals surface area contributed by atoms with Gasteiger partial charge in [0.05, 0.1) is 24.2 Å². The van der Waals surface area contributed by atoms with E-state index in [1.807, 2.05) is 4.90 Å². The summed E-state index contributed by atoms with van der Waals surface area (Å²) in [5, 5.41) is 0. The van der Waals surface area contributed by atoms with Crippen LogP contribution in [-0.2, 0) is 20.9 Å². The number of imidazole rings is 1. The minimum Gasteiger partial charge on any atom is -0.379 e. The number of rotatable bonds is 5. The van der Waals surface area contributed by atoms with Crippen LogP contribution in [0.15, 0.2) is 18.2 Å². The van der Waals surface area contributed by atoms with Crippen molar-refractivity contribution in [2.24, 2.45) is 0 Å². The lowest BCUT2D eigenvalue weighted by Gasteiger charge is -2.46. The molecule has 25 heavy (non-hydrogen) atoms. The molecule has 0 unspecified atom stereocenters. The largest absolute Gasteiger partial charge is 0.379 e. The van der Waals surface area contributed by atoms with Crippen molar-refractivity contribution in [1.29, 1.82) is 0 Å². The first-order valence-corrected chi connectivity index (χ1v) is 8.50. The number of hydrogen-bond acceptors (Lipinski definition) is 5. The van der Waals surface area contributed by atoms with Gasteiger partial charge in [0.1, 0.15) is 24.9 Å². The van der Waals surface area contributed by atoms with E-state index < -0.39 is 0 Å². The molecule has 2 fully saturated rings. The summed E-state index contributed by atoms with van der Waals surface area (Å²) in [6.45, 7) is 5.16. The molecule has 1 N–H and O–H groups in total. The Balaban J connectivity index is 1.21. The second-order valence-electron chi connectivity index (χ2n) is 6.44. The van der Waals surface area contributed by atoms with Gasteiger partial charge in [0.2, 0.25) is 5.91 Å². The van der Waals surface area contributed by atoms with Crippen molar-refractivity contribution in [1.82, 2.24) is 19.8 Å². The summed E-state index contributed by atoms with van der Waals surface area (Å²) in [7, 11) is 0. The van der Waals surface area contributed by atoms with Crippen molar-refractivity contribution >= 4 is 16.9 Å². The Kier molecular flexibility index (Phi) is 4.65. The molecule has 2 saturated heterocycles. The first-order valence-electron chi connectivity index (χ1n) is 8.50. The monoisotopic (exact) mass is 348 g/mol. The van der Waals surface area contributed by atoms with Gasteiger partial charge in [0.15, 0.2) is 0 Å². The van der Waals surface area contributed by atoms with Crippen molar-refractivity contribution in [3.63, 3.8) is 0 Å². The lowest BCUT2D eigenvalue weighted by Crippen LogP contribution is -2.63. The number of benzene rings is 1. The third-order valence-corrected chi connectivity index (χ3v) is 4.73. The van der Waals surface area contributed by atoms with Crippen LogP contribution in [0, 0.1) is 5.82 Å². The first kappa shape index (κ1) is 16.4. The number of nitrogens with zero attached hydrogens (tertiary/aromatic N) is 3. The zero-order valence-electron chi connectivity index (χ0n) is 13.9. The topological polar surface area (TPSA) is 70.7 Å². The highest BCUT2D eigenvalue weighted by atomic mass is 19.1. The molecule has 134 valence electrons. The molecule has 3 heterocycles. The average Bonchev–Trinajstić information content (AvgIpc) is 2.96. The highest BCUT2D eigenvalue weighted by Crippen LogP contribution is 2.17. The molecule has 1 amide bonds. The van der Waals surface area contributed by atoms with E-state index in [1.54, 1.807) is 6.07 Å². The van der Waals surface area contributed by atoms with Gasteiger partial charge in [0, 0.05) is 32.2 Å². The molecule has 2 aliphatic rings. The van der Waals surface area contributed by atoms with Crippen LogP contribution in [0.2, 0.25) is 0 Å². The van der Waals surface area contributed by atoms with Crippen LogP contribution >= 0.6 is 0 Å². The van der Waals surface area contributed by atoms with E-state index in [2.05, 4.69) is 14.9 Å². The van der Waals surface area contributed by atoms with Gasteiger partial charge in [-0.25, -0.2) is 9.37 Å². The summed E-state index contributed by atoms with van der Waals surface area (Å²) in [6, 6.07) is 4.81. The molecule has 0 bridgehead atoms. The predicted octanol–water partition coefficient (Wildman–Crippen LogP) is 0.762. The van der Waals surface area contributed by atoms with E-state index in [0.717, 1.165) is 39.4 Å². The lowest BCUT2D eigenvalue weighted by molar-refractivity contribution is -0.145. The predicted molar refractivity (Wildman–Crippen MR) is 88.5 cm³/mol. The van der Waals surface area contributed by atoms with Crippen LogP contribution in [0.3, 0.4) is 0 Å². The quantitative estimate of drug-likeness (QED) is 0.864. The molecule has 1 aromatic heterocycles. The third kappa shape index (κ3) is 3.65. The second kappa shape index (κ2) is 7.07. The van der Waals surface area contributed by atoms with E-state index in [1.165, 1.54) is 12.1 Å². The zero-order valence-corrected chi connectivity index (χ0v) is 13.9. The maximum atomic E-state index is 13.2. The summed E-state index contributed by atoms with van der Waals surface area (Å²) < 4.78 is 24.0. The lowest BCUT2D eigenvalue weighted by atomic mass is 10.1. The molecule has 1 aromatic carbocycles. The number of fused-ring (bicyclic) bond motifs is 1. The van der Waals surface area contributed by atoms with Gasteiger partial charge in [-0.2, -0.15) is 0 Å². The molecule has 0 aliphatic carbocycles. The maximum Gasteiger partial charge on any atom is 0.248 e. The van der Waals surface area contributed by atoms with E-state index in [9.17, 15) is 9.18 Å². The number of nitrogens with one attached hydrogen (secondary N) is 1. The summed E-state index contributed by atoms with van der Waals surface area (Å²) in [6.07, 6.45) is 0. The SMILES string of the molecule is O=C(COCc1nc2ccc(F)cc2[nH]1)N1CC(N2CCOCC2)C1. The molecule has 2 aliphatic heterocycles. The summed E-state index contributed by atoms with van der Waals surface area (Å²) >= 11 is 0. The van der Waals surface area contributed by atoms with Crippen LogP contribution < -0.4 is 0 Å². The first-order chi connectivity index (χ1) is 12.2. The molecule has 0 radical (unpaired) electrons. The van der Waals surface area contributed by atoms with Crippen LogP contribution in [0.25, 0.3) is 11.0 Å².